The fourth-order valence-electron chi connectivity index (χ4n) is 7.23. The van der Waals surface area contributed by atoms with E-state index in [2.05, 4.69) is 48.4 Å². The molecule has 3 heterocycles. The maximum atomic E-state index is 13.5. The number of carbonyl (C=O) groups excluding carboxylic acids is 2. The molecule has 2 unspecified atom stereocenters. The van der Waals surface area contributed by atoms with Gasteiger partial charge in [0, 0.05) is 29.3 Å². The van der Waals surface area contributed by atoms with E-state index in [1.807, 2.05) is 67.6 Å². The topological polar surface area (TPSA) is 97.7 Å². The number of benzene rings is 3. The molecule has 3 aromatic carbocycles. The molecule has 6 rings (SSSR count). The molecule has 0 radical (unpaired) electrons. The summed E-state index contributed by atoms with van der Waals surface area (Å²) in [6.07, 6.45) is 5.36. The minimum atomic E-state index is -0.319. The lowest BCUT2D eigenvalue weighted by Gasteiger charge is -2.39. The van der Waals surface area contributed by atoms with E-state index in [9.17, 15) is 9.59 Å². The Labute approximate surface area is 283 Å². The van der Waals surface area contributed by atoms with Gasteiger partial charge >= 0.3 is 6.03 Å². The predicted octanol–water partition coefficient (Wildman–Crippen LogP) is 7.69. The van der Waals surface area contributed by atoms with Crippen molar-refractivity contribution in [2.75, 3.05) is 24.9 Å². The zero-order valence-corrected chi connectivity index (χ0v) is 28.9. The van der Waals surface area contributed by atoms with E-state index in [4.69, 9.17) is 14.6 Å². The lowest BCUT2D eigenvalue weighted by atomic mass is 9.85. The zero-order valence-electron chi connectivity index (χ0n) is 28.9. The first kappa shape index (κ1) is 33.1. The Bertz CT molecular complexity index is 1760. The van der Waals surface area contributed by atoms with Crippen molar-refractivity contribution >= 4 is 23.4 Å². The number of urea groups is 1. The van der Waals surface area contributed by atoms with Crippen LogP contribution in [-0.4, -0.2) is 52.9 Å². The molecular weight excluding hydrogens is 602 g/mol. The van der Waals surface area contributed by atoms with E-state index >= 15 is 0 Å². The van der Waals surface area contributed by atoms with Gasteiger partial charge in [0.1, 0.15) is 5.82 Å². The van der Waals surface area contributed by atoms with Gasteiger partial charge in [-0.05, 0) is 92.5 Å². The van der Waals surface area contributed by atoms with Crippen molar-refractivity contribution in [2.45, 2.75) is 83.7 Å². The number of fused-ring (bicyclic) bond motifs is 2. The SMILES string of the molecule is COc1ccc(CC(=O)N2C3CCC2CC(Cc2cccc(NC(=O)Nc4cc(C(C)(C)C)nn4-c4ccc(C)cc4)c2)C3)cc1OC. The zero-order chi connectivity index (χ0) is 34.0. The third-order valence-corrected chi connectivity index (χ3v) is 9.63. The summed E-state index contributed by atoms with van der Waals surface area (Å²) >= 11 is 0. The van der Waals surface area contributed by atoms with Crippen LogP contribution in [0.2, 0.25) is 0 Å². The van der Waals surface area contributed by atoms with Gasteiger partial charge in [-0.25, -0.2) is 9.48 Å². The van der Waals surface area contributed by atoms with Gasteiger partial charge in [-0.2, -0.15) is 5.10 Å². The van der Waals surface area contributed by atoms with E-state index in [1.54, 1.807) is 18.9 Å². The number of aryl methyl sites for hydroxylation is 1. The molecule has 48 heavy (non-hydrogen) atoms. The number of nitrogens with zero attached hydrogens (tertiary/aromatic N) is 3. The van der Waals surface area contributed by atoms with Crippen molar-refractivity contribution in [2.24, 2.45) is 5.92 Å². The van der Waals surface area contributed by atoms with Gasteiger partial charge in [-0.3, -0.25) is 10.1 Å². The number of anilines is 2. The van der Waals surface area contributed by atoms with Gasteiger partial charge in [0.05, 0.1) is 32.0 Å². The molecule has 9 nitrogen and oxygen atoms in total. The van der Waals surface area contributed by atoms with Crippen LogP contribution >= 0.6 is 0 Å². The second-order valence-electron chi connectivity index (χ2n) is 14.3. The van der Waals surface area contributed by atoms with E-state index in [1.165, 1.54) is 5.56 Å². The summed E-state index contributed by atoms with van der Waals surface area (Å²) in [5.74, 6) is 2.58. The Morgan fingerprint density at radius 1 is 0.854 bits per heavy atom. The average molecular weight is 650 g/mol. The number of amides is 3. The van der Waals surface area contributed by atoms with Crippen LogP contribution in [0, 0.1) is 12.8 Å². The Hall–Kier alpha value is -4.79. The van der Waals surface area contributed by atoms with Crippen molar-refractivity contribution in [3.8, 4) is 17.2 Å². The molecule has 252 valence electrons. The van der Waals surface area contributed by atoms with Crippen LogP contribution in [0.15, 0.2) is 72.8 Å². The maximum absolute atomic E-state index is 13.5. The van der Waals surface area contributed by atoms with Gasteiger partial charge in [-0.15, -0.1) is 0 Å². The summed E-state index contributed by atoms with van der Waals surface area (Å²) < 4.78 is 12.6. The Kier molecular flexibility index (Phi) is 9.49. The van der Waals surface area contributed by atoms with Crippen molar-refractivity contribution in [3.63, 3.8) is 0 Å². The second kappa shape index (κ2) is 13.7. The minimum Gasteiger partial charge on any atom is -0.493 e. The number of piperidine rings is 1. The average Bonchev–Trinajstić information content (AvgIpc) is 3.59. The molecule has 1 aromatic heterocycles. The molecule has 2 aliphatic heterocycles. The summed E-state index contributed by atoms with van der Waals surface area (Å²) in [5.41, 5.74) is 5.62. The Morgan fingerprint density at radius 2 is 1.56 bits per heavy atom. The lowest BCUT2D eigenvalue weighted by molar-refractivity contribution is -0.135. The van der Waals surface area contributed by atoms with Gasteiger partial charge in [0.15, 0.2) is 11.5 Å². The summed E-state index contributed by atoms with van der Waals surface area (Å²) in [7, 11) is 3.22. The van der Waals surface area contributed by atoms with Crippen molar-refractivity contribution < 1.29 is 19.1 Å². The quantitative estimate of drug-likeness (QED) is 0.194. The molecule has 3 amide bonds. The third-order valence-electron chi connectivity index (χ3n) is 9.63. The first-order valence-electron chi connectivity index (χ1n) is 16.9. The van der Waals surface area contributed by atoms with Gasteiger partial charge < -0.3 is 19.7 Å². The first-order valence-corrected chi connectivity index (χ1v) is 16.9. The highest BCUT2D eigenvalue weighted by atomic mass is 16.5. The molecule has 0 aliphatic carbocycles. The monoisotopic (exact) mass is 649 g/mol. The molecule has 2 saturated heterocycles. The number of nitrogens with one attached hydrogen (secondary N) is 2. The number of rotatable bonds is 9. The fraction of sp³-hybridized carbons (Fsp3) is 0.410. The lowest BCUT2D eigenvalue weighted by Crippen LogP contribution is -2.47. The Balaban J connectivity index is 1.08. The van der Waals surface area contributed by atoms with E-state index in [0.29, 0.717) is 29.7 Å². The van der Waals surface area contributed by atoms with E-state index in [-0.39, 0.29) is 29.4 Å². The van der Waals surface area contributed by atoms with Crippen LogP contribution in [-0.2, 0) is 23.1 Å². The number of hydrogen-bond donors (Lipinski definition) is 2. The summed E-state index contributed by atoms with van der Waals surface area (Å²) in [6.45, 7) is 8.37. The smallest absolute Gasteiger partial charge is 0.324 e. The maximum Gasteiger partial charge on any atom is 0.324 e. The number of ether oxygens (including phenoxy) is 2. The predicted molar refractivity (Wildman–Crippen MR) is 189 cm³/mol. The van der Waals surface area contributed by atoms with Gasteiger partial charge in [-0.1, -0.05) is 56.7 Å². The highest BCUT2D eigenvalue weighted by Gasteiger charge is 2.42. The number of carbonyl (C=O) groups is 2. The standard InChI is InChI=1S/C39H47N5O4/c1-25-10-13-30(14-11-25)44-36(24-35(42-44)39(2,3)4)41-38(46)40-29-9-7-8-26(19-29)18-28-20-31-15-16-32(21-28)43(31)37(45)23-27-12-17-33(47-5)34(22-27)48-6/h7-14,17,19,22,24,28,31-32H,15-16,18,20-21,23H2,1-6H3,(H2,40,41,46). The highest BCUT2D eigenvalue weighted by molar-refractivity contribution is 5.99. The first-order chi connectivity index (χ1) is 23.0. The van der Waals surface area contributed by atoms with Gasteiger partial charge in [0.2, 0.25) is 5.91 Å². The summed E-state index contributed by atoms with van der Waals surface area (Å²) in [4.78, 5) is 28.9. The number of methoxy groups -OCH3 is 2. The van der Waals surface area contributed by atoms with E-state index < -0.39 is 0 Å². The van der Waals surface area contributed by atoms with Crippen LogP contribution in [0.3, 0.4) is 0 Å². The van der Waals surface area contributed by atoms with Crippen molar-refractivity contribution in [1.29, 1.82) is 0 Å². The normalized spacial score (nSPS) is 18.8. The van der Waals surface area contributed by atoms with Crippen molar-refractivity contribution in [1.82, 2.24) is 14.7 Å². The number of aromatic nitrogens is 2. The second-order valence-corrected chi connectivity index (χ2v) is 14.3. The molecular formula is C39H47N5O4. The molecule has 4 aromatic rings. The highest BCUT2D eigenvalue weighted by Crippen LogP contribution is 2.41. The molecule has 2 atom stereocenters. The van der Waals surface area contributed by atoms with Crippen LogP contribution < -0.4 is 20.1 Å². The fourth-order valence-corrected chi connectivity index (χ4v) is 7.23. The Morgan fingerprint density at radius 3 is 2.23 bits per heavy atom. The van der Waals surface area contributed by atoms with Crippen LogP contribution in [0.25, 0.3) is 5.69 Å². The largest absolute Gasteiger partial charge is 0.493 e. The molecule has 9 heteroatoms. The molecule has 2 aliphatic rings. The summed E-state index contributed by atoms with van der Waals surface area (Å²) in [5, 5.41) is 10.9. The molecule has 2 N–H and O–H groups in total. The molecule has 2 fully saturated rings. The minimum absolute atomic E-state index is 0.176. The van der Waals surface area contributed by atoms with Crippen molar-refractivity contribution in [3.05, 3.63) is 95.2 Å². The van der Waals surface area contributed by atoms with Crippen LogP contribution in [0.5, 0.6) is 11.5 Å². The van der Waals surface area contributed by atoms with Gasteiger partial charge in [0.25, 0.3) is 0 Å². The third kappa shape index (κ3) is 7.35. The molecule has 2 bridgehead atoms. The summed E-state index contributed by atoms with van der Waals surface area (Å²) in [6, 6.07) is 24.0. The van der Waals surface area contributed by atoms with E-state index in [0.717, 1.165) is 60.3 Å². The molecule has 0 spiro atoms. The van der Waals surface area contributed by atoms with Crippen LogP contribution in [0.1, 0.15) is 68.8 Å². The number of hydrogen-bond acceptors (Lipinski definition) is 5. The van der Waals surface area contributed by atoms with Crippen LogP contribution in [0.4, 0.5) is 16.3 Å². The molecule has 0 saturated carbocycles.